The third-order valence-electron chi connectivity index (χ3n) is 3.89. The summed E-state index contributed by atoms with van der Waals surface area (Å²) < 4.78 is 1.69. The summed E-state index contributed by atoms with van der Waals surface area (Å²) in [6, 6.07) is 7.33. The molecule has 2 aromatic heterocycles. The molecule has 2 heterocycles. The lowest BCUT2D eigenvalue weighted by molar-refractivity contribution is 0.102. The Kier molecular flexibility index (Phi) is 3.82. The number of rotatable bonds is 4. The summed E-state index contributed by atoms with van der Waals surface area (Å²) >= 11 is 7.46. The summed E-state index contributed by atoms with van der Waals surface area (Å²) in [6.07, 6.45) is 3.87. The van der Waals surface area contributed by atoms with Crippen LogP contribution in [0.25, 0.3) is 5.69 Å². The summed E-state index contributed by atoms with van der Waals surface area (Å²) in [5.74, 6) is 0.291. The van der Waals surface area contributed by atoms with E-state index >= 15 is 0 Å². The van der Waals surface area contributed by atoms with Crippen LogP contribution in [0.15, 0.2) is 30.5 Å². The molecule has 122 valence electrons. The van der Waals surface area contributed by atoms with Crippen LogP contribution >= 0.6 is 22.9 Å². The first-order valence-electron chi connectivity index (χ1n) is 7.57. The first-order valence-corrected chi connectivity index (χ1v) is 8.76. The van der Waals surface area contributed by atoms with Gasteiger partial charge in [-0.15, -0.1) is 10.2 Å². The van der Waals surface area contributed by atoms with Crippen molar-refractivity contribution in [2.24, 2.45) is 0 Å². The average Bonchev–Trinajstić information content (AvgIpc) is 3.18. The number of hydrogen-bond donors (Lipinski definition) is 1. The largest absolute Gasteiger partial charge is 0.296 e. The molecule has 0 radical (unpaired) electrons. The molecule has 0 saturated heterocycles. The highest BCUT2D eigenvalue weighted by atomic mass is 35.5. The number of carbonyl (C=O) groups excluding carboxylic acids is 1. The van der Waals surface area contributed by atoms with E-state index in [0.29, 0.717) is 21.6 Å². The molecule has 0 unspecified atom stereocenters. The Balaban J connectivity index is 1.56. The molecule has 1 aliphatic rings. The summed E-state index contributed by atoms with van der Waals surface area (Å²) in [7, 11) is 0. The van der Waals surface area contributed by atoms with Crippen molar-refractivity contribution < 1.29 is 4.79 Å². The van der Waals surface area contributed by atoms with Crippen molar-refractivity contribution in [2.45, 2.75) is 25.7 Å². The van der Waals surface area contributed by atoms with Crippen molar-refractivity contribution in [1.82, 2.24) is 20.0 Å². The van der Waals surface area contributed by atoms with Gasteiger partial charge in [0.25, 0.3) is 5.91 Å². The van der Waals surface area contributed by atoms with Crippen molar-refractivity contribution >= 4 is 34.0 Å². The van der Waals surface area contributed by atoms with Gasteiger partial charge in [0.15, 0.2) is 0 Å². The summed E-state index contributed by atoms with van der Waals surface area (Å²) in [5.41, 5.74) is 2.05. The molecule has 1 aliphatic carbocycles. The van der Waals surface area contributed by atoms with E-state index in [0.717, 1.165) is 29.2 Å². The Labute approximate surface area is 147 Å². The van der Waals surface area contributed by atoms with Gasteiger partial charge in [0.05, 0.1) is 23.1 Å². The van der Waals surface area contributed by atoms with E-state index < -0.39 is 0 Å². The average molecular weight is 360 g/mol. The van der Waals surface area contributed by atoms with Crippen molar-refractivity contribution in [3.63, 3.8) is 0 Å². The Hall–Kier alpha value is -2.25. The number of halogens is 1. The number of amides is 1. The predicted molar refractivity (Wildman–Crippen MR) is 93.1 cm³/mol. The van der Waals surface area contributed by atoms with Gasteiger partial charge in [0.1, 0.15) is 5.01 Å². The maximum Gasteiger partial charge on any atom is 0.260 e. The zero-order valence-electron chi connectivity index (χ0n) is 12.9. The number of nitrogens with zero attached hydrogens (tertiary/aromatic N) is 4. The number of nitrogens with one attached hydrogen (secondary N) is 1. The normalized spacial score (nSPS) is 13.9. The molecule has 6 nitrogen and oxygen atoms in total. The molecule has 1 amide bonds. The second kappa shape index (κ2) is 5.99. The molecule has 1 fully saturated rings. The zero-order chi connectivity index (χ0) is 16.7. The summed E-state index contributed by atoms with van der Waals surface area (Å²) in [5, 5.41) is 17.4. The van der Waals surface area contributed by atoms with E-state index in [-0.39, 0.29) is 5.91 Å². The number of anilines is 1. The molecule has 1 saturated carbocycles. The van der Waals surface area contributed by atoms with Crippen LogP contribution < -0.4 is 5.32 Å². The molecule has 0 aliphatic heterocycles. The Bertz CT molecular complexity index is 915. The monoisotopic (exact) mass is 359 g/mol. The molecule has 1 aromatic carbocycles. The fourth-order valence-corrected chi connectivity index (χ4v) is 3.54. The van der Waals surface area contributed by atoms with Gasteiger partial charge >= 0.3 is 0 Å². The molecule has 3 aromatic rings. The molecule has 24 heavy (non-hydrogen) atoms. The SMILES string of the molecule is Cc1c(C(=O)Nc2nnc(C3CC3)s2)cnn1-c1cccc(Cl)c1. The maximum atomic E-state index is 12.5. The van der Waals surface area contributed by atoms with Gasteiger partial charge < -0.3 is 0 Å². The van der Waals surface area contributed by atoms with Crippen LogP contribution in [-0.4, -0.2) is 25.9 Å². The molecular formula is C16H14ClN5OS. The third-order valence-corrected chi connectivity index (χ3v) is 5.13. The lowest BCUT2D eigenvalue weighted by atomic mass is 10.2. The first kappa shape index (κ1) is 15.3. The van der Waals surface area contributed by atoms with Crippen LogP contribution in [0.1, 0.15) is 39.8 Å². The van der Waals surface area contributed by atoms with Crippen LogP contribution in [0, 0.1) is 6.92 Å². The number of hydrogen-bond acceptors (Lipinski definition) is 5. The Morgan fingerprint density at radius 3 is 2.96 bits per heavy atom. The zero-order valence-corrected chi connectivity index (χ0v) is 14.4. The third kappa shape index (κ3) is 2.92. The van der Waals surface area contributed by atoms with Crippen molar-refractivity contribution in [3.8, 4) is 5.69 Å². The van der Waals surface area contributed by atoms with Crippen molar-refractivity contribution in [3.05, 3.63) is 51.7 Å². The van der Waals surface area contributed by atoms with Crippen molar-refractivity contribution in [1.29, 1.82) is 0 Å². The van der Waals surface area contributed by atoms with Crippen molar-refractivity contribution in [2.75, 3.05) is 5.32 Å². The second-order valence-corrected chi connectivity index (χ2v) is 7.15. The quantitative estimate of drug-likeness (QED) is 0.768. The molecule has 4 rings (SSSR count). The molecule has 8 heteroatoms. The Morgan fingerprint density at radius 1 is 1.38 bits per heavy atom. The van der Waals surface area contributed by atoms with E-state index in [2.05, 4.69) is 20.6 Å². The van der Waals surface area contributed by atoms with Crippen LogP contribution in [-0.2, 0) is 0 Å². The summed E-state index contributed by atoms with van der Waals surface area (Å²) in [6.45, 7) is 1.85. The van der Waals surface area contributed by atoms with Gasteiger partial charge in [-0.3, -0.25) is 10.1 Å². The van der Waals surface area contributed by atoms with Gasteiger partial charge in [-0.25, -0.2) is 4.68 Å². The highest BCUT2D eigenvalue weighted by Gasteiger charge is 2.28. The highest BCUT2D eigenvalue weighted by Crippen LogP contribution is 2.42. The number of aromatic nitrogens is 4. The van der Waals surface area contributed by atoms with Crippen LogP contribution in [0.2, 0.25) is 5.02 Å². The lowest BCUT2D eigenvalue weighted by Crippen LogP contribution is -2.13. The predicted octanol–water partition coefficient (Wildman–Crippen LogP) is 3.82. The second-order valence-electron chi connectivity index (χ2n) is 5.71. The van der Waals surface area contributed by atoms with Gasteiger partial charge in [0, 0.05) is 10.9 Å². The van der Waals surface area contributed by atoms with E-state index in [1.807, 2.05) is 19.1 Å². The minimum Gasteiger partial charge on any atom is -0.296 e. The molecule has 1 N–H and O–H groups in total. The van der Waals surface area contributed by atoms with E-state index in [4.69, 9.17) is 11.6 Å². The molecule has 0 spiro atoms. The highest BCUT2D eigenvalue weighted by molar-refractivity contribution is 7.15. The van der Waals surface area contributed by atoms with Gasteiger partial charge in [-0.1, -0.05) is 29.0 Å². The van der Waals surface area contributed by atoms with E-state index in [1.165, 1.54) is 11.3 Å². The fourth-order valence-electron chi connectivity index (χ4n) is 2.45. The van der Waals surface area contributed by atoms with Crippen LogP contribution in [0.4, 0.5) is 5.13 Å². The molecular weight excluding hydrogens is 346 g/mol. The smallest absolute Gasteiger partial charge is 0.260 e. The van der Waals surface area contributed by atoms with E-state index in [1.54, 1.807) is 23.0 Å². The minimum absolute atomic E-state index is 0.237. The first-order chi connectivity index (χ1) is 11.6. The van der Waals surface area contributed by atoms with Gasteiger partial charge in [-0.2, -0.15) is 5.10 Å². The summed E-state index contributed by atoms with van der Waals surface area (Å²) in [4.78, 5) is 12.5. The minimum atomic E-state index is -0.237. The lowest BCUT2D eigenvalue weighted by Gasteiger charge is -2.05. The topological polar surface area (TPSA) is 72.7 Å². The van der Waals surface area contributed by atoms with Gasteiger partial charge in [0.2, 0.25) is 5.13 Å². The standard InChI is InChI=1S/C16H14ClN5OS/c1-9-13(8-18-22(9)12-4-2-3-11(17)7-12)14(23)19-16-21-20-15(24-16)10-5-6-10/h2-4,7-8,10H,5-6H2,1H3,(H,19,21,23). The maximum absolute atomic E-state index is 12.5. The van der Waals surface area contributed by atoms with Gasteiger partial charge in [-0.05, 0) is 38.0 Å². The number of benzene rings is 1. The van der Waals surface area contributed by atoms with Crippen LogP contribution in [0.5, 0.6) is 0 Å². The molecule has 0 bridgehead atoms. The molecule has 0 atom stereocenters. The number of carbonyl (C=O) groups is 1. The fraction of sp³-hybridized carbons (Fsp3) is 0.250. The van der Waals surface area contributed by atoms with Crippen LogP contribution in [0.3, 0.4) is 0 Å². The van der Waals surface area contributed by atoms with E-state index in [9.17, 15) is 4.79 Å². The Morgan fingerprint density at radius 2 is 2.21 bits per heavy atom.